The van der Waals surface area contributed by atoms with E-state index < -0.39 is 17.3 Å². The lowest BCUT2D eigenvalue weighted by atomic mass is 9.75. The van der Waals surface area contributed by atoms with Gasteiger partial charge < -0.3 is 5.32 Å². The molecule has 3 nitrogen and oxygen atoms in total. The van der Waals surface area contributed by atoms with Gasteiger partial charge in [-0.25, -0.2) is 0 Å². The van der Waals surface area contributed by atoms with Crippen molar-refractivity contribution in [1.29, 1.82) is 0 Å². The standard InChI is InChI=1S/C21H33F3N2OS/c22-21(23,24)18-19(27)26-20(28-18)25-17-14-15-10-8-6-4-2-1-3-5-7-9-11-16(17)13-12-15/h15-18H,1-14H2,(H,25,26,27)/t15-,16+,17+,18?/m1/s1. The Bertz CT molecular complexity index is 548. The predicted octanol–water partition coefficient (Wildman–Crippen LogP) is 6.23. The fourth-order valence-corrected chi connectivity index (χ4v) is 5.80. The largest absolute Gasteiger partial charge is 0.409 e. The highest BCUT2D eigenvalue weighted by molar-refractivity contribution is 8.15. The second kappa shape index (κ2) is 10.4. The summed E-state index contributed by atoms with van der Waals surface area (Å²) < 4.78 is 38.9. The number of amides is 1. The summed E-state index contributed by atoms with van der Waals surface area (Å²) in [4.78, 5) is 16.4. The molecule has 1 unspecified atom stereocenters. The molecule has 4 atom stereocenters. The molecule has 1 aliphatic heterocycles. The van der Waals surface area contributed by atoms with Crippen LogP contribution >= 0.6 is 11.8 Å². The van der Waals surface area contributed by atoms with Crippen LogP contribution in [-0.2, 0) is 4.79 Å². The zero-order valence-corrected chi connectivity index (χ0v) is 17.4. The minimum absolute atomic E-state index is 0.0543. The number of amidine groups is 1. The Morgan fingerprint density at radius 1 is 0.857 bits per heavy atom. The zero-order valence-electron chi connectivity index (χ0n) is 16.6. The number of nitrogens with one attached hydrogen (secondary N) is 1. The number of aliphatic imine (C=N–C) groups is 1. The normalized spacial score (nSPS) is 35.4. The number of thioether (sulfide) groups is 1. The van der Waals surface area contributed by atoms with E-state index in [4.69, 9.17) is 0 Å². The van der Waals surface area contributed by atoms with Crippen LogP contribution in [-0.4, -0.2) is 28.5 Å². The number of hydrogen-bond donors (Lipinski definition) is 1. The van der Waals surface area contributed by atoms with E-state index in [1.807, 2.05) is 0 Å². The Balaban J connectivity index is 1.66. The predicted molar refractivity (Wildman–Crippen MR) is 108 cm³/mol. The summed E-state index contributed by atoms with van der Waals surface area (Å²) in [7, 11) is 0. The molecule has 1 heterocycles. The van der Waals surface area contributed by atoms with Gasteiger partial charge in [-0.15, -0.1) is 0 Å². The molecule has 28 heavy (non-hydrogen) atoms. The van der Waals surface area contributed by atoms with Crippen LogP contribution in [0, 0.1) is 11.8 Å². The van der Waals surface area contributed by atoms with Gasteiger partial charge in [0.2, 0.25) is 5.91 Å². The first kappa shape index (κ1) is 22.0. The molecule has 3 aliphatic carbocycles. The Morgan fingerprint density at radius 3 is 2.07 bits per heavy atom. The second-order valence-corrected chi connectivity index (χ2v) is 9.82. The highest BCUT2D eigenvalue weighted by Crippen LogP contribution is 2.39. The molecule has 0 radical (unpaired) electrons. The third kappa shape index (κ3) is 6.39. The average Bonchev–Trinajstić information content (AvgIpc) is 3.00. The first-order valence-corrected chi connectivity index (χ1v) is 11.9. The Labute approximate surface area is 170 Å². The Morgan fingerprint density at radius 2 is 1.46 bits per heavy atom. The molecule has 0 spiro atoms. The number of nitrogens with zero attached hydrogens (tertiary/aromatic N) is 1. The van der Waals surface area contributed by atoms with E-state index in [-0.39, 0.29) is 11.2 Å². The second-order valence-electron chi connectivity index (χ2n) is 8.73. The lowest BCUT2D eigenvalue weighted by Crippen LogP contribution is -2.35. The maximum absolute atomic E-state index is 13.0. The highest BCUT2D eigenvalue weighted by Gasteiger charge is 2.50. The first-order valence-electron chi connectivity index (χ1n) is 11.1. The fraction of sp³-hybridized carbons (Fsp3) is 0.905. The quantitative estimate of drug-likeness (QED) is 0.549. The SMILES string of the molecule is O=C1NC(=N[C@H]2C[C@@H]3CCCCCCCCCCC[C@H]2CC3)SC1C(F)(F)F. The molecule has 1 saturated heterocycles. The van der Waals surface area contributed by atoms with E-state index in [0.717, 1.165) is 19.3 Å². The average molecular weight is 419 g/mol. The van der Waals surface area contributed by atoms with Crippen molar-refractivity contribution in [2.75, 3.05) is 0 Å². The van der Waals surface area contributed by atoms with Crippen LogP contribution in [0.4, 0.5) is 13.2 Å². The lowest BCUT2D eigenvalue weighted by Gasteiger charge is -2.34. The van der Waals surface area contributed by atoms with Crippen LogP contribution in [0.1, 0.15) is 89.9 Å². The van der Waals surface area contributed by atoms with Crippen LogP contribution in [0.25, 0.3) is 0 Å². The third-order valence-electron chi connectivity index (χ3n) is 6.53. The van der Waals surface area contributed by atoms with Gasteiger partial charge in [0.1, 0.15) is 0 Å². The first-order chi connectivity index (χ1) is 13.4. The molecule has 160 valence electrons. The number of hydrogen-bond acceptors (Lipinski definition) is 3. The molecule has 4 aliphatic rings. The maximum atomic E-state index is 13.0. The molecule has 3 saturated carbocycles. The van der Waals surface area contributed by atoms with Crippen molar-refractivity contribution < 1.29 is 18.0 Å². The summed E-state index contributed by atoms with van der Waals surface area (Å²) >= 11 is 0.549. The summed E-state index contributed by atoms with van der Waals surface area (Å²) in [6.45, 7) is 0. The van der Waals surface area contributed by atoms with Gasteiger partial charge in [-0.05, 0) is 31.1 Å². The summed E-state index contributed by atoms with van der Waals surface area (Å²) in [5.74, 6) is 0.0890. The van der Waals surface area contributed by atoms with E-state index in [9.17, 15) is 18.0 Å². The van der Waals surface area contributed by atoms with Gasteiger partial charge in [-0.2, -0.15) is 13.2 Å². The van der Waals surface area contributed by atoms with Gasteiger partial charge in [-0.3, -0.25) is 9.79 Å². The van der Waals surface area contributed by atoms with Gasteiger partial charge in [0.25, 0.3) is 0 Å². The summed E-state index contributed by atoms with van der Waals surface area (Å²) in [5, 5.41) is 0.557. The molecule has 0 aromatic rings. The van der Waals surface area contributed by atoms with Crippen molar-refractivity contribution in [2.24, 2.45) is 16.8 Å². The van der Waals surface area contributed by atoms with Crippen LogP contribution in [0.5, 0.6) is 0 Å². The van der Waals surface area contributed by atoms with E-state index in [0.29, 0.717) is 23.6 Å². The van der Waals surface area contributed by atoms with E-state index >= 15 is 0 Å². The van der Waals surface area contributed by atoms with Crippen LogP contribution in [0.15, 0.2) is 4.99 Å². The minimum Gasteiger partial charge on any atom is -0.304 e. The molecule has 1 N–H and O–H groups in total. The van der Waals surface area contributed by atoms with E-state index in [1.165, 1.54) is 70.6 Å². The van der Waals surface area contributed by atoms with E-state index in [2.05, 4.69) is 10.3 Å². The van der Waals surface area contributed by atoms with Crippen LogP contribution in [0.3, 0.4) is 0 Å². The van der Waals surface area contributed by atoms with Crippen molar-refractivity contribution in [3.05, 3.63) is 0 Å². The molecule has 0 aromatic carbocycles. The van der Waals surface area contributed by atoms with Crippen LogP contribution in [0.2, 0.25) is 0 Å². The number of carbonyl (C=O) groups is 1. The third-order valence-corrected chi connectivity index (χ3v) is 7.68. The number of fused-ring (bicyclic) bond motifs is 12. The Hall–Kier alpha value is -0.720. The lowest BCUT2D eigenvalue weighted by molar-refractivity contribution is -0.148. The zero-order chi connectivity index (χ0) is 20.0. The molecular formula is C21H33F3N2OS. The van der Waals surface area contributed by atoms with Gasteiger partial charge in [0, 0.05) is 0 Å². The molecule has 7 heteroatoms. The summed E-state index contributed by atoms with van der Waals surface area (Å²) in [6.07, 6.45) is 12.7. The number of alkyl halides is 3. The number of rotatable bonds is 1. The van der Waals surface area contributed by atoms with Crippen molar-refractivity contribution in [3.63, 3.8) is 0 Å². The molecule has 0 aromatic heterocycles. The van der Waals surface area contributed by atoms with Crippen LogP contribution < -0.4 is 5.32 Å². The minimum atomic E-state index is -4.52. The van der Waals surface area contributed by atoms with Gasteiger partial charge in [0.05, 0.1) is 6.04 Å². The maximum Gasteiger partial charge on any atom is 0.409 e. The number of halogens is 3. The molecule has 1 amide bonds. The van der Waals surface area contributed by atoms with Gasteiger partial charge >= 0.3 is 6.18 Å². The van der Waals surface area contributed by atoms with Crippen molar-refractivity contribution in [2.45, 2.75) is 107 Å². The molecular weight excluding hydrogens is 385 g/mol. The summed E-state index contributed by atoms with van der Waals surface area (Å²) in [6, 6.07) is 0.0543. The van der Waals surface area contributed by atoms with Gasteiger partial charge in [-0.1, -0.05) is 82.4 Å². The Kier molecular flexibility index (Phi) is 8.12. The highest BCUT2D eigenvalue weighted by atomic mass is 32.2. The van der Waals surface area contributed by atoms with Crippen molar-refractivity contribution >= 4 is 22.8 Å². The molecule has 4 fully saturated rings. The fourth-order valence-electron chi connectivity index (χ4n) is 4.92. The summed E-state index contributed by atoms with van der Waals surface area (Å²) in [5.41, 5.74) is 0. The molecule has 4 rings (SSSR count). The number of carbonyl (C=O) groups excluding carboxylic acids is 1. The van der Waals surface area contributed by atoms with E-state index in [1.54, 1.807) is 0 Å². The molecule has 2 bridgehead atoms. The van der Waals surface area contributed by atoms with Gasteiger partial charge in [0.15, 0.2) is 10.4 Å². The smallest absolute Gasteiger partial charge is 0.304 e. The van der Waals surface area contributed by atoms with Crippen molar-refractivity contribution in [1.82, 2.24) is 5.32 Å². The monoisotopic (exact) mass is 418 g/mol. The van der Waals surface area contributed by atoms with Crippen molar-refractivity contribution in [3.8, 4) is 0 Å². The topological polar surface area (TPSA) is 41.5 Å².